The van der Waals surface area contributed by atoms with Gasteiger partial charge in [-0.3, -0.25) is 14.5 Å². The van der Waals surface area contributed by atoms with Crippen molar-refractivity contribution in [3.63, 3.8) is 0 Å². The second-order valence-electron chi connectivity index (χ2n) is 12.3. The van der Waals surface area contributed by atoms with Crippen LogP contribution < -0.4 is 10.2 Å². The van der Waals surface area contributed by atoms with E-state index in [2.05, 4.69) is 12.2 Å². The SMILES string of the molecule is CCC/C(=C\c1ccc(O)c(F)c1)CC[C@H]1OB(O)C[C@H]2C1=C(CO)C[C@H]1C(=O)N(c3ccc(Nc4ccccc4)cc3)C(=O)[C@H]12. The zero-order chi connectivity index (χ0) is 32.4. The smallest absolute Gasteiger partial charge is 0.455 e. The first-order valence-electron chi connectivity index (χ1n) is 15.9. The Balaban J connectivity index is 1.23. The van der Waals surface area contributed by atoms with E-state index in [4.69, 9.17) is 4.65 Å². The summed E-state index contributed by atoms with van der Waals surface area (Å²) in [6, 6.07) is 21.1. The van der Waals surface area contributed by atoms with Crippen molar-refractivity contribution in [1.29, 1.82) is 0 Å². The molecule has 3 aromatic rings. The van der Waals surface area contributed by atoms with Crippen LogP contribution >= 0.6 is 0 Å². The van der Waals surface area contributed by atoms with Crippen molar-refractivity contribution in [3.8, 4) is 5.75 Å². The number of nitrogens with one attached hydrogen (secondary N) is 1. The number of phenolic OH excluding ortho intramolecular Hbond substituents is 1. The van der Waals surface area contributed by atoms with Gasteiger partial charge in [0.05, 0.1) is 30.2 Å². The summed E-state index contributed by atoms with van der Waals surface area (Å²) in [4.78, 5) is 29.1. The minimum Gasteiger partial charge on any atom is -0.505 e. The first-order valence-corrected chi connectivity index (χ1v) is 15.9. The first kappa shape index (κ1) is 31.7. The predicted molar refractivity (Wildman–Crippen MR) is 176 cm³/mol. The molecule has 3 aromatic carbocycles. The van der Waals surface area contributed by atoms with Crippen LogP contribution in [0.25, 0.3) is 6.08 Å². The number of benzene rings is 3. The number of fused-ring (bicyclic) bond motifs is 3. The number of phenols is 1. The average Bonchev–Trinajstić information content (AvgIpc) is 3.30. The van der Waals surface area contributed by atoms with Gasteiger partial charge in [-0.2, -0.15) is 0 Å². The lowest BCUT2D eigenvalue weighted by Crippen LogP contribution is -2.46. The molecule has 2 saturated heterocycles. The molecule has 0 unspecified atom stereocenters. The molecule has 0 radical (unpaired) electrons. The topological polar surface area (TPSA) is 119 Å². The normalized spacial score (nSPS) is 23.1. The Morgan fingerprint density at radius 2 is 1.76 bits per heavy atom. The summed E-state index contributed by atoms with van der Waals surface area (Å²) in [5.41, 5.74) is 5.41. The molecule has 0 aromatic heterocycles. The maximum Gasteiger partial charge on any atom is 0.455 e. The quantitative estimate of drug-likeness (QED) is 0.120. The predicted octanol–water partition coefficient (Wildman–Crippen LogP) is 6.23. The van der Waals surface area contributed by atoms with Crippen LogP contribution in [0.4, 0.5) is 21.5 Å². The highest BCUT2D eigenvalue weighted by atomic mass is 19.1. The number of aliphatic hydroxyl groups excluding tert-OH is 1. The van der Waals surface area contributed by atoms with Crippen LogP contribution in [-0.4, -0.2) is 46.9 Å². The third kappa shape index (κ3) is 6.38. The number of aliphatic hydroxyl groups is 1. The third-order valence-corrected chi connectivity index (χ3v) is 9.33. The van der Waals surface area contributed by atoms with Gasteiger partial charge in [-0.25, -0.2) is 4.39 Å². The average molecular weight is 625 g/mol. The molecule has 238 valence electrons. The van der Waals surface area contributed by atoms with Crippen molar-refractivity contribution in [1.82, 2.24) is 0 Å². The van der Waals surface area contributed by atoms with E-state index in [1.807, 2.05) is 48.5 Å². The fourth-order valence-electron chi connectivity index (χ4n) is 7.30. The number of imide groups is 1. The van der Waals surface area contributed by atoms with Crippen LogP contribution in [0.15, 0.2) is 89.5 Å². The van der Waals surface area contributed by atoms with Gasteiger partial charge in [-0.1, -0.05) is 49.3 Å². The number of anilines is 3. The van der Waals surface area contributed by atoms with Crippen molar-refractivity contribution in [2.45, 2.75) is 51.5 Å². The fraction of sp³-hybridized carbons (Fsp3) is 0.333. The Morgan fingerprint density at radius 1 is 1.02 bits per heavy atom. The highest BCUT2D eigenvalue weighted by molar-refractivity contribution is 6.43. The highest BCUT2D eigenvalue weighted by Crippen LogP contribution is 2.51. The fourth-order valence-corrected chi connectivity index (χ4v) is 7.30. The van der Waals surface area contributed by atoms with Gasteiger partial charge in [-0.15, -0.1) is 0 Å². The van der Waals surface area contributed by atoms with Gasteiger partial charge in [0.2, 0.25) is 11.8 Å². The van der Waals surface area contributed by atoms with Gasteiger partial charge in [0.15, 0.2) is 11.6 Å². The van der Waals surface area contributed by atoms with Crippen molar-refractivity contribution in [2.75, 3.05) is 16.8 Å². The maximum atomic E-state index is 14.0. The summed E-state index contributed by atoms with van der Waals surface area (Å²) in [7, 11) is -1.12. The number of aromatic hydroxyl groups is 1. The molecule has 4 N–H and O–H groups in total. The molecule has 2 amide bonds. The Kier molecular flexibility index (Phi) is 9.40. The maximum absolute atomic E-state index is 14.0. The standard InChI is InChI=1S/C36H38BFN2O6/c1-2-6-22(17-23-9-15-31(42)30(38)18-23)10-16-32-33-24(21-41)19-28-34(29(33)20-37(45)46-32)36(44)40(35(28)43)27-13-11-26(12-14-27)39-25-7-4-3-5-8-25/h3-5,7-9,11-15,17-18,28-29,32,34,39,41-42,45H,2,6,10,16,19-21H2,1H3/b22-17+/t28-,29+,32-,34-/m1/s1. The second-order valence-corrected chi connectivity index (χ2v) is 12.3. The molecule has 4 atom stereocenters. The molecule has 6 rings (SSSR count). The molecular weight excluding hydrogens is 586 g/mol. The number of allylic oxidation sites excluding steroid dienone is 1. The van der Waals surface area contributed by atoms with Crippen molar-refractivity contribution in [2.24, 2.45) is 17.8 Å². The van der Waals surface area contributed by atoms with Crippen LogP contribution in [0.2, 0.25) is 6.32 Å². The number of halogens is 1. The molecule has 2 fully saturated rings. The van der Waals surface area contributed by atoms with Crippen molar-refractivity contribution in [3.05, 3.63) is 101 Å². The molecule has 8 nitrogen and oxygen atoms in total. The Hall–Kier alpha value is -4.25. The second kappa shape index (κ2) is 13.6. The van der Waals surface area contributed by atoms with Gasteiger partial charge < -0.3 is 25.2 Å². The van der Waals surface area contributed by atoms with Crippen molar-refractivity contribution >= 4 is 42.1 Å². The number of hydrogen-bond acceptors (Lipinski definition) is 7. The van der Waals surface area contributed by atoms with Gasteiger partial charge in [-0.05, 0) is 103 Å². The largest absolute Gasteiger partial charge is 0.505 e. The lowest BCUT2D eigenvalue weighted by atomic mass is 9.58. The van der Waals surface area contributed by atoms with Gasteiger partial charge >= 0.3 is 7.12 Å². The summed E-state index contributed by atoms with van der Waals surface area (Å²) in [6.07, 6.45) is 4.46. The summed E-state index contributed by atoms with van der Waals surface area (Å²) < 4.78 is 20.0. The molecule has 1 aliphatic carbocycles. The van der Waals surface area contributed by atoms with Gasteiger partial charge in [0, 0.05) is 11.4 Å². The highest BCUT2D eigenvalue weighted by Gasteiger charge is 2.57. The van der Waals surface area contributed by atoms with Crippen LogP contribution in [-0.2, 0) is 14.2 Å². The third-order valence-electron chi connectivity index (χ3n) is 9.33. The van der Waals surface area contributed by atoms with Gasteiger partial charge in [0.1, 0.15) is 0 Å². The number of para-hydroxylation sites is 1. The monoisotopic (exact) mass is 624 g/mol. The van der Waals surface area contributed by atoms with Gasteiger partial charge in [0.25, 0.3) is 0 Å². The van der Waals surface area contributed by atoms with E-state index >= 15 is 0 Å². The van der Waals surface area contributed by atoms with E-state index in [9.17, 15) is 29.2 Å². The zero-order valence-corrected chi connectivity index (χ0v) is 25.7. The van der Waals surface area contributed by atoms with E-state index < -0.39 is 42.5 Å². The van der Waals surface area contributed by atoms with E-state index in [1.54, 1.807) is 18.2 Å². The summed E-state index contributed by atoms with van der Waals surface area (Å²) in [5, 5.41) is 34.2. The number of nitrogens with zero attached hydrogens (tertiary/aromatic N) is 1. The summed E-state index contributed by atoms with van der Waals surface area (Å²) >= 11 is 0. The van der Waals surface area contributed by atoms with Crippen LogP contribution in [0, 0.1) is 23.6 Å². The summed E-state index contributed by atoms with van der Waals surface area (Å²) in [5.74, 6) is -3.42. The molecular formula is C36H38BFN2O6. The van der Waals surface area contributed by atoms with E-state index in [1.165, 1.54) is 17.0 Å². The molecule has 2 aliphatic heterocycles. The van der Waals surface area contributed by atoms with Crippen LogP contribution in [0.3, 0.4) is 0 Å². The van der Waals surface area contributed by atoms with E-state index in [0.29, 0.717) is 29.7 Å². The molecule has 46 heavy (non-hydrogen) atoms. The number of amides is 2. The molecule has 3 aliphatic rings. The molecule has 2 heterocycles. The minimum atomic E-state index is -1.12. The Labute approximate surface area is 268 Å². The Bertz CT molecular complexity index is 1660. The zero-order valence-electron chi connectivity index (χ0n) is 25.7. The summed E-state index contributed by atoms with van der Waals surface area (Å²) in [6.45, 7) is 1.79. The number of carbonyl (C=O) groups is 2. The first-order chi connectivity index (χ1) is 22.3. The molecule has 10 heteroatoms. The lowest BCUT2D eigenvalue weighted by molar-refractivity contribution is -0.122. The lowest BCUT2D eigenvalue weighted by Gasteiger charge is -2.43. The minimum absolute atomic E-state index is 0.160. The van der Waals surface area contributed by atoms with Crippen molar-refractivity contribution < 1.29 is 33.9 Å². The Morgan fingerprint density at radius 3 is 2.46 bits per heavy atom. The molecule has 0 spiro atoms. The van der Waals surface area contributed by atoms with Crippen LogP contribution in [0.1, 0.15) is 44.6 Å². The molecule has 0 saturated carbocycles. The number of carbonyl (C=O) groups excluding carboxylic acids is 2. The molecule has 0 bridgehead atoms. The van der Waals surface area contributed by atoms with E-state index in [-0.39, 0.29) is 31.2 Å². The number of hydrogen-bond donors (Lipinski definition) is 4. The van der Waals surface area contributed by atoms with E-state index in [0.717, 1.165) is 35.4 Å². The van der Waals surface area contributed by atoms with Crippen LogP contribution in [0.5, 0.6) is 5.75 Å². The number of rotatable bonds is 10.